The zero-order chi connectivity index (χ0) is 34.2. The molecule has 7 nitrogen and oxygen atoms in total. The molecule has 5 unspecified atom stereocenters. The van der Waals surface area contributed by atoms with Gasteiger partial charge in [-0.25, -0.2) is 4.79 Å². The number of esters is 1. The Balaban J connectivity index is 0.00000600. The van der Waals surface area contributed by atoms with Gasteiger partial charge in [-0.3, -0.25) is 14.5 Å². The van der Waals surface area contributed by atoms with Crippen molar-refractivity contribution in [1.29, 1.82) is 0 Å². The number of carbonyl (C=O) groups excluding carboxylic acids is 2. The van der Waals surface area contributed by atoms with Crippen LogP contribution in [0, 0.1) is 46.3 Å². The van der Waals surface area contributed by atoms with Gasteiger partial charge >= 0.3 is 11.9 Å². The van der Waals surface area contributed by atoms with E-state index in [9.17, 15) is 14.4 Å². The molecule has 0 heterocycles. The molecule has 1 N–H and O–H groups in total. The van der Waals surface area contributed by atoms with Gasteiger partial charge in [-0.05, 0) is 98.3 Å². The highest BCUT2D eigenvalue weighted by Crippen LogP contribution is 2.68. The number of nitrogens with zero attached hydrogens (tertiary/aromatic N) is 2. The van der Waals surface area contributed by atoms with Gasteiger partial charge in [0.2, 0.25) is 0 Å². The minimum Gasteiger partial charge on any atom is -1.00 e. The first kappa shape index (κ1) is 40.4. The van der Waals surface area contributed by atoms with E-state index in [4.69, 9.17) is 9.84 Å². The first-order chi connectivity index (χ1) is 21.4. The van der Waals surface area contributed by atoms with E-state index in [1.54, 1.807) is 0 Å². The molecule has 4 rings (SSSR count). The van der Waals surface area contributed by atoms with Crippen LogP contribution < -0.4 is 24.0 Å². The molecule has 0 bridgehead atoms. The van der Waals surface area contributed by atoms with Crippen molar-refractivity contribution >= 4 is 17.7 Å². The number of rotatable bonds is 14. The molecule has 270 valence electrons. The monoisotopic (exact) mass is 770 g/mol. The van der Waals surface area contributed by atoms with E-state index in [2.05, 4.69) is 80.7 Å². The maximum atomic E-state index is 13.1. The number of ketones is 1. The van der Waals surface area contributed by atoms with E-state index in [1.807, 2.05) is 0 Å². The lowest BCUT2D eigenvalue weighted by atomic mass is 9.45. The van der Waals surface area contributed by atoms with Crippen LogP contribution in [0.1, 0.15) is 119 Å². The van der Waals surface area contributed by atoms with Crippen LogP contribution in [0.25, 0.3) is 0 Å². The molecule has 0 amide bonds. The van der Waals surface area contributed by atoms with E-state index >= 15 is 0 Å². The van der Waals surface area contributed by atoms with Crippen molar-refractivity contribution in [3.8, 4) is 0 Å². The number of carbonyl (C=O) groups is 3. The maximum Gasteiger partial charge on any atom is 0.372 e. The summed E-state index contributed by atoms with van der Waals surface area (Å²) in [6, 6.07) is -0.0144. The Bertz CT molecular complexity index is 1160. The lowest BCUT2D eigenvalue weighted by molar-refractivity contribution is -0.869. The van der Waals surface area contributed by atoms with Gasteiger partial charge in [0, 0.05) is 13.0 Å². The van der Waals surface area contributed by atoms with Gasteiger partial charge in [-0.2, -0.15) is 0 Å². The van der Waals surface area contributed by atoms with Crippen molar-refractivity contribution < 1.29 is 52.7 Å². The van der Waals surface area contributed by atoms with Crippen LogP contribution in [0.2, 0.25) is 0 Å². The van der Waals surface area contributed by atoms with Crippen molar-refractivity contribution in [1.82, 2.24) is 4.90 Å². The van der Waals surface area contributed by atoms with Crippen molar-refractivity contribution in [3.05, 3.63) is 11.6 Å². The molecule has 4 aliphatic carbocycles. The van der Waals surface area contributed by atoms with E-state index in [1.165, 1.54) is 50.5 Å². The fourth-order valence-electron chi connectivity index (χ4n) is 10.9. The molecular weight excluding hydrogens is 703 g/mol. The lowest BCUT2D eigenvalue weighted by Crippen LogP contribution is -3.00. The predicted octanol–water partition coefficient (Wildman–Crippen LogP) is 4.38. The predicted molar refractivity (Wildman–Crippen MR) is 184 cm³/mol. The summed E-state index contributed by atoms with van der Waals surface area (Å²) in [6.07, 6.45) is 14.5. The molecule has 3 saturated carbocycles. The Morgan fingerprint density at radius 1 is 1.06 bits per heavy atom. The molecule has 3 fully saturated rings. The number of hydrogen-bond donors (Lipinski definition) is 1. The number of quaternary nitrogens is 1. The molecule has 4 aliphatic rings. The summed E-state index contributed by atoms with van der Waals surface area (Å²) in [6.45, 7) is 16.3. The summed E-state index contributed by atoms with van der Waals surface area (Å²) in [7, 11) is 8.77. The Labute approximate surface area is 303 Å². The molecule has 8 heteroatoms. The van der Waals surface area contributed by atoms with Gasteiger partial charge < -0.3 is 38.3 Å². The SMILES string of the molecule is CCC1(OC(=O)CC(=O)C(=O)O)CC2=CCC3C(CC[C@@]4(C)C3CC[C@@H]4[C@H](C)CCCC(C)C)[C@@]2(C)CC1N(C)CC[N+](C)(C)C.[I-]. The molecule has 0 spiro atoms. The highest BCUT2D eigenvalue weighted by atomic mass is 127. The van der Waals surface area contributed by atoms with Crippen LogP contribution in [0.4, 0.5) is 0 Å². The zero-order valence-corrected chi connectivity index (χ0v) is 33.5. The Hall–Kier alpha value is -1.00. The van der Waals surface area contributed by atoms with Crippen LogP contribution in [-0.4, -0.2) is 85.1 Å². The number of hydrogen-bond acceptors (Lipinski definition) is 5. The third kappa shape index (κ3) is 8.49. The van der Waals surface area contributed by atoms with Gasteiger partial charge in [0.05, 0.1) is 33.7 Å². The average molecular weight is 771 g/mol. The summed E-state index contributed by atoms with van der Waals surface area (Å²) in [5, 5.41) is 9.15. The fraction of sp³-hybridized carbons (Fsp3) is 0.872. The smallest absolute Gasteiger partial charge is 0.372 e. The quantitative estimate of drug-likeness (QED) is 0.0706. The second-order valence-electron chi connectivity index (χ2n) is 18.0. The second-order valence-corrected chi connectivity index (χ2v) is 18.0. The summed E-state index contributed by atoms with van der Waals surface area (Å²) in [4.78, 5) is 38.8. The van der Waals surface area contributed by atoms with Gasteiger partial charge in [0.25, 0.3) is 5.78 Å². The standard InChI is InChI=1S/C39H66N2O5.HI/c1-11-39(46-35(43)23-33(42)36(44)45)24-28-15-16-29-31-18-17-30(27(4)14-12-13-26(2)3)37(31,5)20-19-32(29)38(28,6)25-34(39)40(7)21-22-41(8,9)10;/h15,26-27,29-32,34H,11-14,16-25H2,1-10H3;1H/t27-,29?,30-,31?,32?,34?,37-,38+,39?;/m1./s1. The van der Waals surface area contributed by atoms with Crippen molar-refractivity contribution in [3.63, 3.8) is 0 Å². The Morgan fingerprint density at radius 2 is 1.74 bits per heavy atom. The van der Waals surface area contributed by atoms with Gasteiger partial charge in [0.15, 0.2) is 0 Å². The molecule has 0 aromatic heterocycles. The third-order valence-corrected chi connectivity index (χ3v) is 13.7. The number of likely N-dealkylation sites (N-methyl/N-ethyl adjacent to an activating group) is 2. The van der Waals surface area contributed by atoms with Gasteiger partial charge in [-0.1, -0.05) is 72.5 Å². The van der Waals surface area contributed by atoms with Crippen molar-refractivity contribution in [2.45, 2.75) is 130 Å². The Morgan fingerprint density at radius 3 is 2.34 bits per heavy atom. The van der Waals surface area contributed by atoms with Crippen LogP contribution >= 0.6 is 0 Å². The van der Waals surface area contributed by atoms with E-state index < -0.39 is 29.7 Å². The molecule has 9 atom stereocenters. The van der Waals surface area contributed by atoms with Crippen LogP contribution in [0.15, 0.2) is 11.6 Å². The molecule has 0 radical (unpaired) electrons. The number of ether oxygens (including phenoxy) is 1. The third-order valence-electron chi connectivity index (χ3n) is 13.7. The molecule has 0 aromatic carbocycles. The van der Waals surface area contributed by atoms with Crippen molar-refractivity contribution in [2.24, 2.45) is 46.3 Å². The number of Topliss-reactive ketones (excluding diaryl/α,β-unsaturated/α-hetero) is 1. The molecule has 47 heavy (non-hydrogen) atoms. The zero-order valence-electron chi connectivity index (χ0n) is 31.4. The lowest BCUT2D eigenvalue weighted by Gasteiger charge is -2.62. The number of aliphatic carboxylic acids is 1. The van der Waals surface area contributed by atoms with Gasteiger partial charge in [-0.15, -0.1) is 0 Å². The largest absolute Gasteiger partial charge is 1.00 e. The molecule has 0 saturated heterocycles. The number of fused-ring (bicyclic) bond motifs is 5. The average Bonchev–Trinajstić information content (AvgIpc) is 3.32. The first-order valence-electron chi connectivity index (χ1n) is 18.5. The number of halogens is 1. The molecule has 0 aliphatic heterocycles. The second kappa shape index (κ2) is 15.5. The van der Waals surface area contributed by atoms with Crippen LogP contribution in [-0.2, 0) is 19.1 Å². The number of allylic oxidation sites excluding steroid dienone is 1. The van der Waals surface area contributed by atoms with E-state index in [0.29, 0.717) is 30.1 Å². The molecule has 0 aromatic rings. The molecular formula is C39H67IN2O5. The summed E-state index contributed by atoms with van der Waals surface area (Å²) >= 11 is 0. The highest BCUT2D eigenvalue weighted by Gasteiger charge is 2.62. The summed E-state index contributed by atoms with van der Waals surface area (Å²) in [5.41, 5.74) is 1.09. The number of carboxylic acids is 1. The van der Waals surface area contributed by atoms with Gasteiger partial charge in [0.1, 0.15) is 12.0 Å². The number of carboxylic acid groups (broad SMARTS) is 1. The maximum absolute atomic E-state index is 13.1. The highest BCUT2D eigenvalue weighted by molar-refractivity contribution is 6.35. The Kier molecular flexibility index (Phi) is 13.3. The van der Waals surface area contributed by atoms with E-state index in [-0.39, 0.29) is 35.4 Å². The summed E-state index contributed by atoms with van der Waals surface area (Å²) in [5.74, 6) is 1.07. The normalized spacial score (nSPS) is 35.7. The first-order valence-corrected chi connectivity index (χ1v) is 18.5. The minimum absolute atomic E-state index is 0. The summed E-state index contributed by atoms with van der Waals surface area (Å²) < 4.78 is 7.15. The topological polar surface area (TPSA) is 83.9 Å². The minimum atomic E-state index is -1.58. The van der Waals surface area contributed by atoms with Crippen LogP contribution in [0.5, 0.6) is 0 Å². The van der Waals surface area contributed by atoms with Crippen LogP contribution in [0.3, 0.4) is 0 Å². The fourth-order valence-corrected chi connectivity index (χ4v) is 10.9. The van der Waals surface area contributed by atoms with Crippen molar-refractivity contribution in [2.75, 3.05) is 41.3 Å². The van der Waals surface area contributed by atoms with E-state index in [0.717, 1.165) is 54.1 Å².